The number of nitrogens with zero attached hydrogens (tertiary/aromatic N) is 2. The van der Waals surface area contributed by atoms with E-state index in [0.29, 0.717) is 6.61 Å². The van der Waals surface area contributed by atoms with Crippen LogP contribution < -0.4 is 15.5 Å². The summed E-state index contributed by atoms with van der Waals surface area (Å²) < 4.78 is 5.12. The largest absolute Gasteiger partial charge is 0.383 e. The molecule has 1 aromatic carbocycles. The van der Waals surface area contributed by atoms with Crippen molar-refractivity contribution in [2.24, 2.45) is 4.99 Å². The smallest absolute Gasteiger partial charge is 0.191 e. The normalized spacial score (nSPS) is 13.0. The molecular weight excluding hydrogens is 264 g/mol. The van der Waals surface area contributed by atoms with Crippen molar-refractivity contribution in [3.05, 3.63) is 29.3 Å². The fraction of sp³-hybridized carbons (Fsp3) is 0.562. The highest BCUT2D eigenvalue weighted by Gasteiger charge is 2.06. The minimum absolute atomic E-state index is 0.221. The Kier molecular flexibility index (Phi) is 7.02. The zero-order valence-corrected chi connectivity index (χ0v) is 14.0. The predicted octanol–water partition coefficient (Wildman–Crippen LogP) is 1.76. The number of aryl methyl sites for hydroxylation is 1. The van der Waals surface area contributed by atoms with Crippen molar-refractivity contribution in [2.75, 3.05) is 39.8 Å². The van der Waals surface area contributed by atoms with Crippen molar-refractivity contribution in [3.63, 3.8) is 0 Å². The zero-order valence-electron chi connectivity index (χ0n) is 14.0. The van der Waals surface area contributed by atoms with Gasteiger partial charge in [0.1, 0.15) is 0 Å². The molecule has 0 saturated carbocycles. The van der Waals surface area contributed by atoms with Crippen LogP contribution in [0.15, 0.2) is 23.2 Å². The molecule has 1 rings (SSSR count). The molecule has 21 heavy (non-hydrogen) atoms. The lowest BCUT2D eigenvalue weighted by Crippen LogP contribution is -2.43. The molecule has 0 aliphatic rings. The molecular formula is C16H28N4O. The standard InChI is InChI=1S/C16H28N4O/c1-12-9-15(20(4)5)8-7-14(12)10-18-16(17-3)19-13(2)11-21-6/h7-9,13H,10-11H2,1-6H3,(H2,17,18,19). The fourth-order valence-corrected chi connectivity index (χ4v) is 2.06. The second kappa shape index (κ2) is 8.52. The minimum atomic E-state index is 0.221. The summed E-state index contributed by atoms with van der Waals surface area (Å²) in [5, 5.41) is 6.63. The van der Waals surface area contributed by atoms with E-state index in [2.05, 4.69) is 66.7 Å². The van der Waals surface area contributed by atoms with Gasteiger partial charge < -0.3 is 20.3 Å². The lowest BCUT2D eigenvalue weighted by molar-refractivity contribution is 0.179. The maximum atomic E-state index is 5.12. The first-order chi connectivity index (χ1) is 9.97. The summed E-state index contributed by atoms with van der Waals surface area (Å²) >= 11 is 0. The minimum Gasteiger partial charge on any atom is -0.383 e. The average molecular weight is 292 g/mol. The van der Waals surface area contributed by atoms with E-state index >= 15 is 0 Å². The molecule has 0 aromatic heterocycles. The molecule has 0 aliphatic carbocycles. The summed E-state index contributed by atoms with van der Waals surface area (Å²) in [6.45, 7) is 5.59. The summed E-state index contributed by atoms with van der Waals surface area (Å²) in [7, 11) is 7.58. The molecule has 0 saturated heterocycles. The summed E-state index contributed by atoms with van der Waals surface area (Å²) in [4.78, 5) is 6.34. The van der Waals surface area contributed by atoms with E-state index in [0.717, 1.165) is 12.5 Å². The third-order valence-corrected chi connectivity index (χ3v) is 3.31. The molecule has 0 bridgehead atoms. The van der Waals surface area contributed by atoms with E-state index in [1.165, 1.54) is 16.8 Å². The van der Waals surface area contributed by atoms with Crippen LogP contribution in [0.25, 0.3) is 0 Å². The van der Waals surface area contributed by atoms with Gasteiger partial charge in [0.25, 0.3) is 0 Å². The third-order valence-electron chi connectivity index (χ3n) is 3.31. The Hall–Kier alpha value is -1.75. The number of rotatable bonds is 6. The quantitative estimate of drug-likeness (QED) is 0.620. The number of benzene rings is 1. The molecule has 0 fully saturated rings. The van der Waals surface area contributed by atoms with Gasteiger partial charge in [-0.25, -0.2) is 0 Å². The van der Waals surface area contributed by atoms with Gasteiger partial charge in [-0.3, -0.25) is 4.99 Å². The van der Waals surface area contributed by atoms with Gasteiger partial charge in [-0.2, -0.15) is 0 Å². The van der Waals surface area contributed by atoms with Crippen LogP contribution in [0.3, 0.4) is 0 Å². The Morgan fingerprint density at radius 1 is 1.38 bits per heavy atom. The molecule has 0 radical (unpaired) electrons. The molecule has 0 heterocycles. The molecule has 5 nitrogen and oxygen atoms in total. The predicted molar refractivity (Wildman–Crippen MR) is 90.2 cm³/mol. The molecule has 118 valence electrons. The van der Waals surface area contributed by atoms with Crippen molar-refractivity contribution in [1.29, 1.82) is 0 Å². The van der Waals surface area contributed by atoms with E-state index < -0.39 is 0 Å². The molecule has 2 N–H and O–H groups in total. The lowest BCUT2D eigenvalue weighted by Gasteiger charge is -2.19. The summed E-state index contributed by atoms with van der Waals surface area (Å²) in [6.07, 6.45) is 0. The van der Waals surface area contributed by atoms with Crippen LogP contribution in [0.1, 0.15) is 18.1 Å². The molecule has 1 unspecified atom stereocenters. The van der Waals surface area contributed by atoms with E-state index in [1.54, 1.807) is 14.2 Å². The molecule has 0 aliphatic heterocycles. The van der Waals surface area contributed by atoms with E-state index in [9.17, 15) is 0 Å². The van der Waals surface area contributed by atoms with Gasteiger partial charge in [0.2, 0.25) is 0 Å². The van der Waals surface area contributed by atoms with Gasteiger partial charge in [0.15, 0.2) is 5.96 Å². The first kappa shape index (κ1) is 17.3. The Labute approximate surface area is 128 Å². The molecule has 0 amide bonds. The third kappa shape index (κ3) is 5.63. The topological polar surface area (TPSA) is 48.9 Å². The summed E-state index contributed by atoms with van der Waals surface area (Å²) in [5.41, 5.74) is 3.75. The van der Waals surface area contributed by atoms with Crippen molar-refractivity contribution < 1.29 is 4.74 Å². The molecule has 1 aromatic rings. The fourth-order valence-electron chi connectivity index (χ4n) is 2.06. The Balaban J connectivity index is 2.61. The van der Waals surface area contributed by atoms with Crippen molar-refractivity contribution in [2.45, 2.75) is 26.4 Å². The maximum absolute atomic E-state index is 5.12. The van der Waals surface area contributed by atoms with E-state index in [1.807, 2.05) is 0 Å². The average Bonchev–Trinajstić information content (AvgIpc) is 2.44. The Bertz CT molecular complexity index is 471. The van der Waals surface area contributed by atoms with Gasteiger partial charge in [-0.1, -0.05) is 6.07 Å². The van der Waals surface area contributed by atoms with E-state index in [-0.39, 0.29) is 6.04 Å². The van der Waals surface area contributed by atoms with Crippen molar-refractivity contribution >= 4 is 11.6 Å². The Morgan fingerprint density at radius 3 is 2.62 bits per heavy atom. The van der Waals surface area contributed by atoms with Gasteiger partial charge in [-0.15, -0.1) is 0 Å². The highest BCUT2D eigenvalue weighted by Crippen LogP contribution is 2.17. The summed E-state index contributed by atoms with van der Waals surface area (Å²) in [6, 6.07) is 6.70. The van der Waals surface area contributed by atoms with Crippen molar-refractivity contribution in [3.8, 4) is 0 Å². The number of aliphatic imine (C=N–C) groups is 1. The highest BCUT2D eigenvalue weighted by atomic mass is 16.5. The lowest BCUT2D eigenvalue weighted by atomic mass is 10.1. The number of guanidine groups is 1. The molecule has 1 atom stereocenters. The first-order valence-electron chi connectivity index (χ1n) is 7.21. The van der Waals surface area contributed by atoms with Gasteiger partial charge in [-0.05, 0) is 37.1 Å². The zero-order chi connectivity index (χ0) is 15.8. The SMILES string of the molecule is CN=C(NCc1ccc(N(C)C)cc1C)NC(C)COC. The highest BCUT2D eigenvalue weighted by molar-refractivity contribution is 5.80. The number of ether oxygens (including phenoxy) is 1. The summed E-state index contributed by atoms with van der Waals surface area (Å²) in [5.74, 6) is 0.788. The maximum Gasteiger partial charge on any atom is 0.191 e. The van der Waals surface area contributed by atoms with Crippen LogP contribution in [0, 0.1) is 6.92 Å². The van der Waals surface area contributed by atoms with Crippen molar-refractivity contribution in [1.82, 2.24) is 10.6 Å². The van der Waals surface area contributed by atoms with E-state index in [4.69, 9.17) is 4.74 Å². The second-order valence-electron chi connectivity index (χ2n) is 5.43. The number of anilines is 1. The van der Waals surface area contributed by atoms with Crippen LogP contribution in [0.2, 0.25) is 0 Å². The van der Waals surface area contributed by atoms with Gasteiger partial charge >= 0.3 is 0 Å². The van der Waals surface area contributed by atoms with Crippen LogP contribution in [0.5, 0.6) is 0 Å². The second-order valence-corrected chi connectivity index (χ2v) is 5.43. The van der Waals surface area contributed by atoms with Gasteiger partial charge in [0, 0.05) is 46.5 Å². The van der Waals surface area contributed by atoms with Crippen LogP contribution in [-0.4, -0.2) is 46.9 Å². The number of nitrogens with one attached hydrogen (secondary N) is 2. The number of hydrogen-bond donors (Lipinski definition) is 2. The van der Waals surface area contributed by atoms with Crippen LogP contribution >= 0.6 is 0 Å². The number of hydrogen-bond acceptors (Lipinski definition) is 3. The van der Waals surface area contributed by atoms with Gasteiger partial charge in [0.05, 0.1) is 6.61 Å². The molecule has 0 spiro atoms. The molecule has 5 heteroatoms. The monoisotopic (exact) mass is 292 g/mol. The Morgan fingerprint density at radius 2 is 2.10 bits per heavy atom. The van der Waals surface area contributed by atoms with Crippen LogP contribution in [-0.2, 0) is 11.3 Å². The van der Waals surface area contributed by atoms with Crippen LogP contribution in [0.4, 0.5) is 5.69 Å². The first-order valence-corrected chi connectivity index (χ1v) is 7.21. The number of methoxy groups -OCH3 is 1.